The highest BCUT2D eigenvalue weighted by molar-refractivity contribution is 5.80. The lowest BCUT2D eigenvalue weighted by Crippen LogP contribution is -2.29. The number of tetrazole rings is 1. The molecule has 35 heavy (non-hydrogen) atoms. The summed E-state index contributed by atoms with van der Waals surface area (Å²) in [5.74, 6) is 1.95. The summed E-state index contributed by atoms with van der Waals surface area (Å²) in [7, 11) is 0. The average molecular weight is 470 g/mol. The third-order valence-electron chi connectivity index (χ3n) is 6.85. The summed E-state index contributed by atoms with van der Waals surface area (Å²) in [4.78, 5) is 13.3. The first-order valence-corrected chi connectivity index (χ1v) is 12.4. The van der Waals surface area contributed by atoms with Crippen LogP contribution in [0.4, 0.5) is 0 Å². The molecule has 0 amide bonds. The Kier molecular flexibility index (Phi) is 6.97. The molecule has 0 unspecified atom stereocenters. The molecule has 4 aromatic rings. The van der Waals surface area contributed by atoms with Crippen molar-refractivity contribution >= 4 is 0 Å². The molecular formula is C27H31N7O. The van der Waals surface area contributed by atoms with Crippen molar-refractivity contribution in [1.82, 2.24) is 35.0 Å². The number of allylic oxidation sites excluding steroid dienone is 1. The van der Waals surface area contributed by atoms with E-state index in [9.17, 15) is 4.79 Å². The first-order chi connectivity index (χ1) is 17.2. The number of aryl methyl sites for hydroxylation is 1. The maximum atomic E-state index is 13.3. The largest absolute Gasteiger partial charge is 0.346 e. The average Bonchev–Trinajstić information content (AvgIpc) is 3.54. The molecule has 2 aromatic heterocycles. The summed E-state index contributed by atoms with van der Waals surface area (Å²) in [6, 6.07) is 16.3. The topological polar surface area (TPSA) is 94.3 Å². The van der Waals surface area contributed by atoms with Crippen LogP contribution in [0.3, 0.4) is 0 Å². The lowest BCUT2D eigenvalue weighted by molar-refractivity contribution is 0.303. The van der Waals surface area contributed by atoms with E-state index < -0.39 is 0 Å². The Morgan fingerprint density at radius 2 is 1.80 bits per heavy atom. The minimum absolute atomic E-state index is 0.0128. The van der Waals surface area contributed by atoms with Gasteiger partial charge in [0.25, 0.3) is 0 Å². The zero-order chi connectivity index (χ0) is 24.0. The summed E-state index contributed by atoms with van der Waals surface area (Å²) in [6.45, 7) is 5.06. The number of rotatable bonds is 9. The lowest BCUT2D eigenvalue weighted by atomic mass is 9.89. The monoisotopic (exact) mass is 469 g/mol. The summed E-state index contributed by atoms with van der Waals surface area (Å²) < 4.78 is 3.53. The van der Waals surface area contributed by atoms with E-state index >= 15 is 0 Å². The molecule has 0 radical (unpaired) electrons. The molecule has 1 N–H and O–H groups in total. The number of benzene rings is 2. The SMILES string of the molecule is C=CCCc1nn(CC2CCCCC2)c(=O)n1Cc1ccc(-c2ccccc2-c2nn[nH]n2)cc1. The molecule has 0 saturated heterocycles. The second-order valence-corrected chi connectivity index (χ2v) is 9.28. The van der Waals surface area contributed by atoms with E-state index in [-0.39, 0.29) is 5.69 Å². The zero-order valence-electron chi connectivity index (χ0n) is 19.9. The fourth-order valence-corrected chi connectivity index (χ4v) is 4.97. The van der Waals surface area contributed by atoms with Crippen molar-refractivity contribution in [2.45, 2.75) is 58.0 Å². The number of hydrogen-bond acceptors (Lipinski definition) is 5. The van der Waals surface area contributed by atoms with Crippen molar-refractivity contribution in [3.05, 3.63) is 83.1 Å². The minimum atomic E-state index is -0.0128. The number of aromatic nitrogens is 7. The van der Waals surface area contributed by atoms with Crippen LogP contribution >= 0.6 is 0 Å². The van der Waals surface area contributed by atoms with Crippen molar-refractivity contribution in [2.24, 2.45) is 5.92 Å². The van der Waals surface area contributed by atoms with E-state index in [1.165, 1.54) is 32.1 Å². The summed E-state index contributed by atoms with van der Waals surface area (Å²) in [6.07, 6.45) is 9.59. The number of H-pyrrole nitrogens is 1. The van der Waals surface area contributed by atoms with Gasteiger partial charge in [-0.15, -0.1) is 16.8 Å². The van der Waals surface area contributed by atoms with Crippen molar-refractivity contribution in [3.63, 3.8) is 0 Å². The molecule has 1 fully saturated rings. The van der Waals surface area contributed by atoms with E-state index in [1.807, 2.05) is 34.9 Å². The van der Waals surface area contributed by atoms with Crippen LogP contribution in [0.15, 0.2) is 66.0 Å². The second kappa shape index (κ2) is 10.6. The molecule has 180 valence electrons. The van der Waals surface area contributed by atoms with Gasteiger partial charge in [-0.05, 0) is 47.1 Å². The van der Waals surface area contributed by atoms with Gasteiger partial charge in [-0.1, -0.05) is 73.9 Å². The molecular weight excluding hydrogens is 438 g/mol. The highest BCUT2D eigenvalue weighted by Crippen LogP contribution is 2.30. The van der Waals surface area contributed by atoms with Gasteiger partial charge in [0.1, 0.15) is 5.82 Å². The third-order valence-corrected chi connectivity index (χ3v) is 6.85. The van der Waals surface area contributed by atoms with E-state index in [0.29, 0.717) is 24.7 Å². The molecule has 0 bridgehead atoms. The summed E-state index contributed by atoms with van der Waals surface area (Å²) in [5, 5.41) is 19.2. The van der Waals surface area contributed by atoms with E-state index in [4.69, 9.17) is 5.10 Å². The fourth-order valence-electron chi connectivity index (χ4n) is 4.97. The Hall–Kier alpha value is -3.81. The molecule has 0 spiro atoms. The Labute approximate surface area is 204 Å². The summed E-state index contributed by atoms with van der Waals surface area (Å²) >= 11 is 0. The molecule has 5 rings (SSSR count). The Balaban J connectivity index is 1.39. The predicted molar refractivity (Wildman–Crippen MR) is 136 cm³/mol. The minimum Gasteiger partial charge on any atom is -0.274 e. The molecule has 1 aliphatic rings. The third kappa shape index (κ3) is 5.16. The van der Waals surface area contributed by atoms with Crippen molar-refractivity contribution < 1.29 is 0 Å². The van der Waals surface area contributed by atoms with Crippen LogP contribution in [0.2, 0.25) is 0 Å². The van der Waals surface area contributed by atoms with Gasteiger partial charge < -0.3 is 0 Å². The number of hydrogen-bond donors (Lipinski definition) is 1. The maximum Gasteiger partial charge on any atom is 0.346 e. The molecule has 1 saturated carbocycles. The van der Waals surface area contributed by atoms with Gasteiger partial charge in [-0.3, -0.25) is 4.57 Å². The van der Waals surface area contributed by atoms with Crippen LogP contribution in [-0.4, -0.2) is 35.0 Å². The van der Waals surface area contributed by atoms with Crippen molar-refractivity contribution in [2.75, 3.05) is 0 Å². The Morgan fingerprint density at radius 3 is 2.51 bits per heavy atom. The maximum absolute atomic E-state index is 13.3. The van der Waals surface area contributed by atoms with Gasteiger partial charge in [0, 0.05) is 18.5 Å². The normalized spacial score (nSPS) is 14.3. The van der Waals surface area contributed by atoms with Gasteiger partial charge in [-0.25, -0.2) is 9.48 Å². The molecule has 8 nitrogen and oxygen atoms in total. The van der Waals surface area contributed by atoms with Gasteiger partial charge in [0.15, 0.2) is 0 Å². The first kappa shape index (κ1) is 23.0. The molecule has 0 aliphatic heterocycles. The fraction of sp³-hybridized carbons (Fsp3) is 0.370. The second-order valence-electron chi connectivity index (χ2n) is 9.28. The lowest BCUT2D eigenvalue weighted by Gasteiger charge is -2.20. The van der Waals surface area contributed by atoms with Gasteiger partial charge in [0.2, 0.25) is 5.82 Å². The molecule has 2 heterocycles. The molecule has 2 aromatic carbocycles. The number of nitrogens with one attached hydrogen (secondary N) is 1. The molecule has 8 heteroatoms. The van der Waals surface area contributed by atoms with Crippen LogP contribution < -0.4 is 5.69 Å². The Morgan fingerprint density at radius 1 is 1.03 bits per heavy atom. The first-order valence-electron chi connectivity index (χ1n) is 12.4. The highest BCUT2D eigenvalue weighted by atomic mass is 16.2. The van der Waals surface area contributed by atoms with E-state index in [2.05, 4.69) is 51.5 Å². The number of nitrogens with zero attached hydrogens (tertiary/aromatic N) is 6. The van der Waals surface area contributed by atoms with Gasteiger partial charge >= 0.3 is 5.69 Å². The number of aromatic amines is 1. The highest BCUT2D eigenvalue weighted by Gasteiger charge is 2.19. The van der Waals surface area contributed by atoms with E-state index in [1.54, 1.807) is 4.68 Å². The smallest absolute Gasteiger partial charge is 0.274 e. The van der Waals surface area contributed by atoms with Crippen LogP contribution in [0, 0.1) is 5.92 Å². The van der Waals surface area contributed by atoms with Gasteiger partial charge in [-0.2, -0.15) is 10.3 Å². The van der Waals surface area contributed by atoms with Crippen LogP contribution in [0.5, 0.6) is 0 Å². The predicted octanol–water partition coefficient (Wildman–Crippen LogP) is 4.64. The van der Waals surface area contributed by atoms with Crippen molar-refractivity contribution in [3.8, 4) is 22.5 Å². The zero-order valence-corrected chi connectivity index (χ0v) is 19.9. The quantitative estimate of drug-likeness (QED) is 0.361. The molecule has 1 aliphatic carbocycles. The summed E-state index contributed by atoms with van der Waals surface area (Å²) in [5.41, 5.74) is 4.05. The van der Waals surface area contributed by atoms with Crippen LogP contribution in [0.25, 0.3) is 22.5 Å². The van der Waals surface area contributed by atoms with Crippen LogP contribution in [0.1, 0.15) is 49.9 Å². The van der Waals surface area contributed by atoms with Crippen LogP contribution in [-0.2, 0) is 19.5 Å². The van der Waals surface area contributed by atoms with Crippen molar-refractivity contribution in [1.29, 1.82) is 0 Å². The Bertz CT molecular complexity index is 1310. The molecule has 0 atom stereocenters. The van der Waals surface area contributed by atoms with Gasteiger partial charge in [0.05, 0.1) is 6.54 Å². The van der Waals surface area contributed by atoms with E-state index in [0.717, 1.165) is 41.0 Å². The standard InChI is InChI=1S/C27H31N7O/c1-2-3-13-25-30-34(19-20-9-5-4-6-10-20)27(35)33(25)18-21-14-16-22(17-15-21)23-11-7-8-12-24(23)26-28-31-32-29-26/h2,7-8,11-12,14-17,20H,1,3-6,9-10,13,18-19H2,(H,28,29,31,32).